The van der Waals surface area contributed by atoms with Crippen LogP contribution in [0.4, 0.5) is 26.3 Å². The van der Waals surface area contributed by atoms with E-state index in [1.165, 1.54) is 20.1 Å². The summed E-state index contributed by atoms with van der Waals surface area (Å²) in [7, 11) is 4.86. The normalized spacial score (nSPS) is 23.9. The van der Waals surface area contributed by atoms with Crippen LogP contribution in [0.3, 0.4) is 0 Å². The van der Waals surface area contributed by atoms with Crippen LogP contribution in [-0.2, 0) is 11.3 Å². The van der Waals surface area contributed by atoms with Crippen molar-refractivity contribution in [2.24, 2.45) is 5.92 Å². The lowest BCUT2D eigenvalue weighted by molar-refractivity contribution is -0.275. The molecule has 0 saturated carbocycles. The zero-order chi connectivity index (χ0) is 28.9. The number of ether oxygens (including phenoxy) is 3. The summed E-state index contributed by atoms with van der Waals surface area (Å²) in [5.41, 5.74) is -1.88. The van der Waals surface area contributed by atoms with Gasteiger partial charge in [-0.25, -0.2) is 4.98 Å². The van der Waals surface area contributed by atoms with Gasteiger partial charge in [-0.15, -0.1) is 13.2 Å². The predicted molar refractivity (Wildman–Crippen MR) is 130 cm³/mol. The summed E-state index contributed by atoms with van der Waals surface area (Å²) in [6, 6.07) is 7.63. The molecule has 0 bridgehead atoms. The summed E-state index contributed by atoms with van der Waals surface area (Å²) in [5.74, 6) is -3.01. The number of aromatic amines is 1. The molecule has 4 rings (SSSR count). The molecular weight excluding hydrogens is 532 g/mol. The Kier molecular flexibility index (Phi) is 7.36. The van der Waals surface area contributed by atoms with Gasteiger partial charge in [0.1, 0.15) is 23.1 Å². The monoisotopic (exact) mass is 559 g/mol. The smallest absolute Gasteiger partial charge is 0.496 e. The summed E-state index contributed by atoms with van der Waals surface area (Å²) >= 11 is 0. The molecule has 39 heavy (non-hydrogen) atoms. The van der Waals surface area contributed by atoms with E-state index < -0.39 is 47.3 Å². The molecule has 1 aliphatic heterocycles. The number of alkyl halides is 6. The number of aromatic nitrogens is 2. The molecule has 0 radical (unpaired) electrons. The molecular formula is C26H27F6N3O4. The van der Waals surface area contributed by atoms with E-state index in [4.69, 9.17) is 9.47 Å². The van der Waals surface area contributed by atoms with Crippen LogP contribution in [0.1, 0.15) is 42.8 Å². The van der Waals surface area contributed by atoms with Crippen LogP contribution in [0, 0.1) is 5.92 Å². The number of halogens is 6. The minimum atomic E-state index is -4.97. The topological polar surface area (TPSA) is 76.7 Å². The Labute approximate surface area is 219 Å². The first-order valence-electron chi connectivity index (χ1n) is 11.9. The fourth-order valence-electron chi connectivity index (χ4n) is 4.98. The molecule has 3 heterocycles. The Morgan fingerprint density at radius 1 is 1.10 bits per heavy atom. The molecule has 7 nitrogen and oxygen atoms in total. The summed E-state index contributed by atoms with van der Waals surface area (Å²) < 4.78 is 96.1. The molecule has 0 spiro atoms. The van der Waals surface area contributed by atoms with E-state index in [9.17, 15) is 31.1 Å². The standard InChI is InChI=1S/C26H27F6N3O4/c1-13-21(16-8-7-15(10-20(16)37-5)38-26(30,31)32)23(39-24(13,2)25(27,28)29)18-11-19(36)22-17(34-18)9-6-14(33-22)12-35(3)4/h6-11,13,21,23H,12H2,1-5H3,(H,34,36)/t13-,21-,23-,24+/m0/s1. The Bertz CT molecular complexity index is 1420. The fraction of sp³-hybridized carbons (Fsp3) is 0.462. The molecule has 4 atom stereocenters. The van der Waals surface area contributed by atoms with Crippen LogP contribution >= 0.6 is 0 Å². The largest absolute Gasteiger partial charge is 0.573 e. The number of benzene rings is 1. The van der Waals surface area contributed by atoms with Gasteiger partial charge in [-0.05, 0) is 39.2 Å². The summed E-state index contributed by atoms with van der Waals surface area (Å²) in [6.45, 7) is 2.72. The number of methoxy groups -OCH3 is 1. The van der Waals surface area contributed by atoms with E-state index in [1.54, 1.807) is 12.1 Å². The van der Waals surface area contributed by atoms with Gasteiger partial charge in [-0.1, -0.05) is 13.0 Å². The first-order valence-corrected chi connectivity index (χ1v) is 11.9. The van der Waals surface area contributed by atoms with Gasteiger partial charge >= 0.3 is 12.5 Å². The van der Waals surface area contributed by atoms with Gasteiger partial charge in [0.05, 0.1) is 18.3 Å². The lowest BCUT2D eigenvalue weighted by atomic mass is 9.76. The third kappa shape index (κ3) is 5.55. The second-order valence-electron chi connectivity index (χ2n) is 9.93. The molecule has 1 fully saturated rings. The number of H-pyrrole nitrogens is 1. The molecule has 3 aromatic rings. The van der Waals surface area contributed by atoms with Crippen molar-refractivity contribution < 1.29 is 40.6 Å². The van der Waals surface area contributed by atoms with Gasteiger partial charge in [0, 0.05) is 41.8 Å². The lowest BCUT2D eigenvalue weighted by Gasteiger charge is -2.32. The zero-order valence-corrected chi connectivity index (χ0v) is 21.7. The van der Waals surface area contributed by atoms with Crippen molar-refractivity contribution in [3.05, 3.63) is 63.6 Å². The Morgan fingerprint density at radius 3 is 2.38 bits per heavy atom. The quantitative estimate of drug-likeness (QED) is 0.391. The van der Waals surface area contributed by atoms with Crippen LogP contribution in [0.5, 0.6) is 11.5 Å². The van der Waals surface area contributed by atoms with Crippen molar-refractivity contribution >= 4 is 11.0 Å². The van der Waals surface area contributed by atoms with Crippen molar-refractivity contribution in [1.82, 2.24) is 14.9 Å². The van der Waals surface area contributed by atoms with Crippen molar-refractivity contribution in [1.29, 1.82) is 0 Å². The maximum atomic E-state index is 14.3. The van der Waals surface area contributed by atoms with Crippen molar-refractivity contribution in [3.8, 4) is 11.5 Å². The summed E-state index contributed by atoms with van der Waals surface area (Å²) in [6.07, 6.45) is -11.1. The Hall–Kier alpha value is -3.32. The third-order valence-electron chi connectivity index (χ3n) is 7.00. The molecule has 212 valence electrons. The SMILES string of the molecule is COc1cc(OC(F)(F)F)ccc1[C@H]1[C@H](c2cc(=O)c3nc(CN(C)C)ccc3[nH]2)O[C@@](C)(C(F)(F)F)[C@H]1C. The highest BCUT2D eigenvalue weighted by molar-refractivity contribution is 5.74. The van der Waals surface area contributed by atoms with Gasteiger partial charge in [0.25, 0.3) is 0 Å². The second kappa shape index (κ2) is 10.0. The van der Waals surface area contributed by atoms with E-state index in [1.807, 2.05) is 19.0 Å². The zero-order valence-electron chi connectivity index (χ0n) is 21.7. The van der Waals surface area contributed by atoms with Crippen molar-refractivity contribution in [2.75, 3.05) is 21.2 Å². The third-order valence-corrected chi connectivity index (χ3v) is 7.00. The van der Waals surface area contributed by atoms with E-state index in [0.717, 1.165) is 25.1 Å². The van der Waals surface area contributed by atoms with Crippen LogP contribution in [0.15, 0.2) is 41.2 Å². The number of nitrogens with zero attached hydrogens (tertiary/aromatic N) is 2. The molecule has 1 N–H and O–H groups in total. The number of nitrogens with one attached hydrogen (secondary N) is 1. The maximum absolute atomic E-state index is 14.3. The highest BCUT2D eigenvalue weighted by Gasteiger charge is 2.65. The van der Waals surface area contributed by atoms with Crippen LogP contribution in [-0.4, -0.2) is 54.2 Å². The van der Waals surface area contributed by atoms with E-state index >= 15 is 0 Å². The minimum absolute atomic E-state index is 0.0668. The average Bonchev–Trinajstić information content (AvgIpc) is 3.09. The number of pyridine rings is 2. The predicted octanol–water partition coefficient (Wildman–Crippen LogP) is 5.70. The first kappa shape index (κ1) is 28.7. The molecule has 2 aromatic heterocycles. The molecule has 1 aliphatic rings. The van der Waals surface area contributed by atoms with Gasteiger partial charge < -0.3 is 24.1 Å². The van der Waals surface area contributed by atoms with E-state index in [0.29, 0.717) is 17.8 Å². The Balaban J connectivity index is 1.85. The van der Waals surface area contributed by atoms with Crippen molar-refractivity contribution in [2.45, 2.75) is 50.6 Å². The molecule has 0 unspecified atom stereocenters. The van der Waals surface area contributed by atoms with E-state index in [2.05, 4.69) is 14.7 Å². The second-order valence-corrected chi connectivity index (χ2v) is 9.93. The maximum Gasteiger partial charge on any atom is 0.573 e. The number of hydrogen-bond acceptors (Lipinski definition) is 6. The van der Waals surface area contributed by atoms with Gasteiger partial charge in [0.2, 0.25) is 5.43 Å². The number of fused-ring (bicyclic) bond motifs is 1. The highest BCUT2D eigenvalue weighted by Crippen LogP contribution is 2.59. The molecule has 13 heteroatoms. The van der Waals surface area contributed by atoms with Gasteiger partial charge in [-0.2, -0.15) is 13.2 Å². The number of hydrogen-bond donors (Lipinski definition) is 1. The minimum Gasteiger partial charge on any atom is -0.496 e. The van der Waals surface area contributed by atoms with Crippen molar-refractivity contribution in [3.63, 3.8) is 0 Å². The molecule has 0 aliphatic carbocycles. The van der Waals surface area contributed by atoms with Crippen LogP contribution < -0.4 is 14.9 Å². The van der Waals surface area contributed by atoms with Gasteiger partial charge in [0.15, 0.2) is 5.60 Å². The first-order chi connectivity index (χ1) is 18.0. The summed E-state index contributed by atoms with van der Waals surface area (Å²) in [5, 5.41) is 0. The van der Waals surface area contributed by atoms with Crippen LogP contribution in [0.25, 0.3) is 11.0 Å². The Morgan fingerprint density at radius 2 is 1.79 bits per heavy atom. The molecule has 0 amide bonds. The molecule has 1 saturated heterocycles. The molecule has 1 aromatic carbocycles. The lowest BCUT2D eigenvalue weighted by Crippen LogP contribution is -2.46. The van der Waals surface area contributed by atoms with E-state index in [-0.39, 0.29) is 22.5 Å². The highest BCUT2D eigenvalue weighted by atomic mass is 19.4. The fourth-order valence-corrected chi connectivity index (χ4v) is 4.98. The average molecular weight is 560 g/mol. The van der Waals surface area contributed by atoms with Gasteiger partial charge in [-0.3, -0.25) is 4.79 Å². The van der Waals surface area contributed by atoms with Crippen LogP contribution in [0.2, 0.25) is 0 Å². The number of rotatable bonds is 6. The summed E-state index contributed by atoms with van der Waals surface area (Å²) in [4.78, 5) is 22.3.